The number of carbonyl (C=O) groups is 1. The van der Waals surface area contributed by atoms with Crippen molar-refractivity contribution >= 4 is 17.7 Å². The Balaban J connectivity index is 2.03. The Bertz CT molecular complexity index is 707. The minimum Gasteiger partial charge on any atom is -0.326 e. The number of anilines is 1. The third-order valence-electron chi connectivity index (χ3n) is 3.10. The molecule has 3 N–H and O–H groups in total. The molecule has 120 valence electrons. The zero-order valence-corrected chi connectivity index (χ0v) is 12.1. The largest absolute Gasteiger partial charge is 0.416 e. The van der Waals surface area contributed by atoms with Crippen LogP contribution < -0.4 is 11.1 Å². The first-order chi connectivity index (χ1) is 10.9. The van der Waals surface area contributed by atoms with Gasteiger partial charge in [0.1, 0.15) is 0 Å². The van der Waals surface area contributed by atoms with Gasteiger partial charge in [-0.2, -0.15) is 13.2 Å². The molecule has 0 saturated heterocycles. The lowest BCUT2D eigenvalue weighted by molar-refractivity contribution is -0.137. The lowest BCUT2D eigenvalue weighted by atomic mass is 10.1. The zero-order valence-electron chi connectivity index (χ0n) is 12.1. The summed E-state index contributed by atoms with van der Waals surface area (Å²) in [6.07, 6.45) is -1.89. The number of amides is 1. The Morgan fingerprint density at radius 1 is 1.13 bits per heavy atom. The highest BCUT2D eigenvalue weighted by Gasteiger charge is 2.30. The van der Waals surface area contributed by atoms with Crippen molar-refractivity contribution in [3.05, 3.63) is 71.3 Å². The molecule has 2 aromatic carbocycles. The van der Waals surface area contributed by atoms with Crippen LogP contribution in [0.4, 0.5) is 18.9 Å². The lowest BCUT2D eigenvalue weighted by Gasteiger charge is -2.06. The fraction of sp³-hybridized carbons (Fsp3) is 0.118. The van der Waals surface area contributed by atoms with Gasteiger partial charge in [0, 0.05) is 18.3 Å². The van der Waals surface area contributed by atoms with Gasteiger partial charge in [0.25, 0.3) is 0 Å². The monoisotopic (exact) mass is 320 g/mol. The summed E-state index contributed by atoms with van der Waals surface area (Å²) < 4.78 is 37.8. The molecule has 0 heterocycles. The molecule has 0 spiro atoms. The summed E-state index contributed by atoms with van der Waals surface area (Å²) in [7, 11) is 0. The standard InChI is InChI=1S/C17H15F3N2O/c18-17(19,20)14-3-1-2-12(10-14)6-9-16(23)22-15-7-4-13(11-21)5-8-15/h1-10H,11,21H2,(H,22,23). The molecule has 2 aromatic rings. The summed E-state index contributed by atoms with van der Waals surface area (Å²) in [5.74, 6) is -0.428. The van der Waals surface area contributed by atoms with Gasteiger partial charge < -0.3 is 11.1 Å². The molecule has 0 bridgehead atoms. The van der Waals surface area contributed by atoms with Crippen molar-refractivity contribution in [3.63, 3.8) is 0 Å². The van der Waals surface area contributed by atoms with Gasteiger partial charge in [-0.25, -0.2) is 0 Å². The molecule has 1 amide bonds. The molecule has 2 rings (SSSR count). The summed E-state index contributed by atoms with van der Waals surface area (Å²) in [5.41, 5.74) is 6.54. The summed E-state index contributed by atoms with van der Waals surface area (Å²) >= 11 is 0. The highest BCUT2D eigenvalue weighted by molar-refractivity contribution is 6.01. The molecule has 0 aliphatic carbocycles. The van der Waals surface area contributed by atoms with Crippen molar-refractivity contribution in [2.45, 2.75) is 12.7 Å². The predicted molar refractivity (Wildman–Crippen MR) is 83.4 cm³/mol. The summed E-state index contributed by atoms with van der Waals surface area (Å²) in [6.45, 7) is 0.406. The van der Waals surface area contributed by atoms with Crippen molar-refractivity contribution in [2.75, 3.05) is 5.32 Å². The van der Waals surface area contributed by atoms with Crippen LogP contribution >= 0.6 is 0 Å². The van der Waals surface area contributed by atoms with E-state index in [-0.39, 0.29) is 0 Å². The molecule has 0 saturated carbocycles. The quantitative estimate of drug-likeness (QED) is 0.842. The number of carbonyl (C=O) groups excluding carboxylic acids is 1. The average Bonchev–Trinajstić information content (AvgIpc) is 2.53. The number of nitrogens with two attached hydrogens (primary N) is 1. The number of rotatable bonds is 4. The fourth-order valence-electron chi connectivity index (χ4n) is 1.90. The second kappa shape index (κ2) is 7.11. The molecule has 0 unspecified atom stereocenters. The van der Waals surface area contributed by atoms with Crippen LogP contribution in [0.15, 0.2) is 54.6 Å². The molecular weight excluding hydrogens is 305 g/mol. The smallest absolute Gasteiger partial charge is 0.326 e. The maximum absolute atomic E-state index is 12.6. The number of hydrogen-bond acceptors (Lipinski definition) is 2. The Kier molecular flexibility index (Phi) is 5.18. The number of alkyl halides is 3. The Labute approximate surface area is 131 Å². The molecule has 0 aliphatic heterocycles. The molecule has 3 nitrogen and oxygen atoms in total. The van der Waals surface area contributed by atoms with Gasteiger partial charge in [-0.15, -0.1) is 0 Å². The second-order valence-corrected chi connectivity index (χ2v) is 4.85. The second-order valence-electron chi connectivity index (χ2n) is 4.85. The van der Waals surface area contributed by atoms with Gasteiger partial charge in [0.2, 0.25) is 5.91 Å². The van der Waals surface area contributed by atoms with E-state index in [4.69, 9.17) is 5.73 Å². The number of hydrogen-bond donors (Lipinski definition) is 2. The van der Waals surface area contributed by atoms with Gasteiger partial charge in [-0.3, -0.25) is 4.79 Å². The summed E-state index contributed by atoms with van der Waals surface area (Å²) in [4.78, 5) is 11.8. The average molecular weight is 320 g/mol. The first-order valence-corrected chi connectivity index (χ1v) is 6.84. The molecule has 0 radical (unpaired) electrons. The van der Waals surface area contributed by atoms with Gasteiger partial charge in [0.15, 0.2) is 0 Å². The van der Waals surface area contributed by atoms with Crippen molar-refractivity contribution in [1.29, 1.82) is 0 Å². The van der Waals surface area contributed by atoms with Crippen LogP contribution in [0.25, 0.3) is 6.08 Å². The van der Waals surface area contributed by atoms with Crippen molar-refractivity contribution in [3.8, 4) is 0 Å². The van der Waals surface area contributed by atoms with E-state index >= 15 is 0 Å². The van der Waals surface area contributed by atoms with Gasteiger partial charge in [0.05, 0.1) is 5.56 Å². The Morgan fingerprint density at radius 3 is 2.43 bits per heavy atom. The van der Waals surface area contributed by atoms with E-state index in [1.54, 1.807) is 24.3 Å². The number of halogens is 3. The number of benzene rings is 2. The highest BCUT2D eigenvalue weighted by Crippen LogP contribution is 2.29. The Hall–Kier alpha value is -2.60. The van der Waals surface area contributed by atoms with Crippen LogP contribution in [-0.2, 0) is 17.5 Å². The van der Waals surface area contributed by atoms with E-state index in [2.05, 4.69) is 5.32 Å². The van der Waals surface area contributed by atoms with Gasteiger partial charge in [-0.05, 0) is 41.5 Å². The minimum atomic E-state index is -4.41. The van der Waals surface area contributed by atoms with E-state index in [1.165, 1.54) is 24.3 Å². The van der Waals surface area contributed by atoms with Crippen LogP contribution in [0.2, 0.25) is 0 Å². The number of nitrogens with one attached hydrogen (secondary N) is 1. The predicted octanol–water partition coefficient (Wildman–Crippen LogP) is 3.82. The van der Waals surface area contributed by atoms with E-state index in [0.29, 0.717) is 17.8 Å². The van der Waals surface area contributed by atoms with Gasteiger partial charge >= 0.3 is 6.18 Å². The molecule has 0 aromatic heterocycles. The van der Waals surface area contributed by atoms with Crippen molar-refractivity contribution in [1.82, 2.24) is 0 Å². The van der Waals surface area contributed by atoms with Crippen LogP contribution in [0.1, 0.15) is 16.7 Å². The first-order valence-electron chi connectivity index (χ1n) is 6.84. The molecule has 23 heavy (non-hydrogen) atoms. The molecule has 0 aliphatic rings. The van der Waals surface area contributed by atoms with Crippen LogP contribution in [-0.4, -0.2) is 5.91 Å². The maximum Gasteiger partial charge on any atom is 0.416 e. The molecular formula is C17H15F3N2O. The maximum atomic E-state index is 12.6. The van der Waals surface area contributed by atoms with Crippen LogP contribution in [0.3, 0.4) is 0 Å². The van der Waals surface area contributed by atoms with Crippen molar-refractivity contribution in [2.24, 2.45) is 5.73 Å². The van der Waals surface area contributed by atoms with Crippen LogP contribution in [0, 0.1) is 0 Å². The molecule has 6 heteroatoms. The van der Waals surface area contributed by atoms with E-state index < -0.39 is 17.6 Å². The topological polar surface area (TPSA) is 55.1 Å². The van der Waals surface area contributed by atoms with E-state index in [0.717, 1.165) is 17.7 Å². The summed E-state index contributed by atoms with van der Waals surface area (Å²) in [5, 5.41) is 2.62. The van der Waals surface area contributed by atoms with Crippen LogP contribution in [0.5, 0.6) is 0 Å². The normalized spacial score (nSPS) is 11.7. The highest BCUT2D eigenvalue weighted by atomic mass is 19.4. The third kappa shape index (κ3) is 4.96. The fourth-order valence-corrected chi connectivity index (χ4v) is 1.90. The minimum absolute atomic E-state index is 0.299. The summed E-state index contributed by atoms with van der Waals surface area (Å²) in [6, 6.07) is 11.7. The van der Waals surface area contributed by atoms with Crippen molar-refractivity contribution < 1.29 is 18.0 Å². The first kappa shape index (κ1) is 16.8. The zero-order chi connectivity index (χ0) is 16.9. The Morgan fingerprint density at radius 2 is 1.83 bits per heavy atom. The lowest BCUT2D eigenvalue weighted by Crippen LogP contribution is -2.08. The third-order valence-corrected chi connectivity index (χ3v) is 3.10. The van der Waals surface area contributed by atoms with E-state index in [1.807, 2.05) is 0 Å². The van der Waals surface area contributed by atoms with E-state index in [9.17, 15) is 18.0 Å². The molecule has 0 fully saturated rings. The molecule has 0 atom stereocenters. The van der Waals surface area contributed by atoms with Gasteiger partial charge in [-0.1, -0.05) is 24.3 Å². The SMILES string of the molecule is NCc1ccc(NC(=O)C=Cc2cccc(C(F)(F)F)c2)cc1.